The van der Waals surface area contributed by atoms with Gasteiger partial charge in [0.05, 0.1) is 5.56 Å². The second-order valence-electron chi connectivity index (χ2n) is 5.76. The van der Waals surface area contributed by atoms with Gasteiger partial charge >= 0.3 is 5.97 Å². The van der Waals surface area contributed by atoms with Gasteiger partial charge in [-0.15, -0.1) is 0 Å². The van der Waals surface area contributed by atoms with E-state index in [-0.39, 0.29) is 11.9 Å². The lowest BCUT2D eigenvalue weighted by Gasteiger charge is -2.26. The highest BCUT2D eigenvalue weighted by Crippen LogP contribution is 2.30. The zero-order chi connectivity index (χ0) is 17.1. The molecule has 3 rings (SSSR count). The second kappa shape index (κ2) is 6.70. The number of amides is 1. The van der Waals surface area contributed by atoms with Crippen LogP contribution in [0.4, 0.5) is 0 Å². The largest absolute Gasteiger partial charge is 0.480 e. The average molecular weight is 326 g/mol. The van der Waals surface area contributed by atoms with E-state index in [1.807, 2.05) is 30.3 Å². The molecule has 0 spiro atoms. The summed E-state index contributed by atoms with van der Waals surface area (Å²) in [7, 11) is 0. The van der Waals surface area contributed by atoms with E-state index in [0.717, 1.165) is 12.8 Å². The maximum absolute atomic E-state index is 12.6. The van der Waals surface area contributed by atoms with Crippen molar-refractivity contribution in [3.63, 3.8) is 0 Å². The van der Waals surface area contributed by atoms with Crippen LogP contribution in [0.2, 0.25) is 0 Å². The second-order valence-corrected chi connectivity index (χ2v) is 5.76. The molecule has 0 aliphatic heterocycles. The Hall–Kier alpha value is -2.89. The Kier molecular flexibility index (Phi) is 4.46. The quantitative estimate of drug-likeness (QED) is 0.883. The number of hydrogen-bond donors (Lipinski definition) is 1. The lowest BCUT2D eigenvalue weighted by atomic mass is 10.2. The molecule has 6 heteroatoms. The van der Waals surface area contributed by atoms with Crippen molar-refractivity contribution in [3.05, 3.63) is 54.2 Å². The minimum absolute atomic E-state index is 0.00356. The summed E-state index contributed by atoms with van der Waals surface area (Å²) >= 11 is 0. The summed E-state index contributed by atoms with van der Waals surface area (Å²) in [5.41, 5.74) is 0.357. The molecule has 1 atom stereocenters. The molecule has 1 aromatic carbocycles. The molecule has 1 fully saturated rings. The Morgan fingerprint density at radius 1 is 1.21 bits per heavy atom. The van der Waals surface area contributed by atoms with Crippen LogP contribution in [0.5, 0.6) is 11.6 Å². The van der Waals surface area contributed by atoms with Crippen molar-refractivity contribution in [1.29, 1.82) is 0 Å². The molecule has 1 heterocycles. The van der Waals surface area contributed by atoms with E-state index in [4.69, 9.17) is 4.74 Å². The number of hydrogen-bond acceptors (Lipinski definition) is 4. The van der Waals surface area contributed by atoms with Gasteiger partial charge in [-0.25, -0.2) is 9.78 Å². The molecule has 1 N–H and O–H groups in total. The van der Waals surface area contributed by atoms with Crippen molar-refractivity contribution in [2.45, 2.75) is 31.8 Å². The number of aromatic nitrogens is 1. The molecule has 1 aliphatic carbocycles. The Morgan fingerprint density at radius 3 is 2.46 bits per heavy atom. The normalized spacial score (nSPS) is 14.7. The van der Waals surface area contributed by atoms with Crippen molar-refractivity contribution in [2.75, 3.05) is 0 Å². The molecular formula is C18H18N2O4. The maximum atomic E-state index is 12.6. The number of aliphatic carboxylic acids is 1. The Labute approximate surface area is 139 Å². The van der Waals surface area contributed by atoms with Gasteiger partial charge in [-0.1, -0.05) is 18.2 Å². The summed E-state index contributed by atoms with van der Waals surface area (Å²) < 4.78 is 5.59. The molecule has 1 amide bonds. The fourth-order valence-corrected chi connectivity index (χ4v) is 2.46. The van der Waals surface area contributed by atoms with Gasteiger partial charge in [0.1, 0.15) is 11.8 Å². The Bertz CT molecular complexity index is 726. The average Bonchev–Trinajstić information content (AvgIpc) is 3.41. The van der Waals surface area contributed by atoms with Gasteiger partial charge in [0.2, 0.25) is 5.88 Å². The number of carbonyl (C=O) groups is 2. The predicted molar refractivity (Wildman–Crippen MR) is 87.0 cm³/mol. The van der Waals surface area contributed by atoms with Crippen LogP contribution in [0.15, 0.2) is 48.7 Å². The van der Waals surface area contributed by atoms with Crippen molar-refractivity contribution in [1.82, 2.24) is 9.88 Å². The highest BCUT2D eigenvalue weighted by atomic mass is 16.5. The molecule has 1 aromatic heterocycles. The van der Waals surface area contributed by atoms with Crippen molar-refractivity contribution < 1.29 is 19.4 Å². The summed E-state index contributed by atoms with van der Waals surface area (Å²) in [6.07, 6.45) is 3.10. The topological polar surface area (TPSA) is 79.7 Å². The van der Waals surface area contributed by atoms with Crippen LogP contribution in [-0.2, 0) is 4.79 Å². The molecule has 0 radical (unpaired) electrons. The fourth-order valence-electron chi connectivity index (χ4n) is 2.46. The summed E-state index contributed by atoms with van der Waals surface area (Å²) in [5.74, 6) is -0.288. The van der Waals surface area contributed by atoms with Crippen LogP contribution in [0, 0.1) is 0 Å². The maximum Gasteiger partial charge on any atom is 0.326 e. The first-order chi connectivity index (χ1) is 11.6. The first-order valence-electron chi connectivity index (χ1n) is 7.80. The van der Waals surface area contributed by atoms with Crippen molar-refractivity contribution >= 4 is 11.9 Å². The minimum Gasteiger partial charge on any atom is -0.480 e. The monoisotopic (exact) mass is 326 g/mol. The lowest BCUT2D eigenvalue weighted by molar-refractivity contribution is -0.141. The third-order valence-electron chi connectivity index (χ3n) is 3.90. The van der Waals surface area contributed by atoms with Gasteiger partial charge in [-0.3, -0.25) is 4.79 Å². The van der Waals surface area contributed by atoms with E-state index in [9.17, 15) is 14.7 Å². The van der Waals surface area contributed by atoms with Crippen LogP contribution in [0.3, 0.4) is 0 Å². The lowest BCUT2D eigenvalue weighted by Crippen LogP contribution is -2.44. The minimum atomic E-state index is -1.01. The highest BCUT2D eigenvalue weighted by molar-refractivity contribution is 5.96. The molecule has 1 aliphatic rings. The van der Waals surface area contributed by atoms with E-state index in [0.29, 0.717) is 17.2 Å². The molecular weight excluding hydrogens is 308 g/mol. The summed E-state index contributed by atoms with van der Waals surface area (Å²) in [4.78, 5) is 29.4. The molecule has 1 saturated carbocycles. The molecule has 24 heavy (non-hydrogen) atoms. The number of ether oxygens (including phenoxy) is 1. The van der Waals surface area contributed by atoms with Crippen LogP contribution in [0.25, 0.3) is 0 Å². The summed E-state index contributed by atoms with van der Waals surface area (Å²) in [5, 5.41) is 9.20. The first-order valence-corrected chi connectivity index (χ1v) is 7.80. The van der Waals surface area contributed by atoms with Gasteiger partial charge in [0.25, 0.3) is 5.91 Å². The van der Waals surface area contributed by atoms with E-state index in [1.54, 1.807) is 12.1 Å². The van der Waals surface area contributed by atoms with Gasteiger partial charge in [-0.05, 0) is 38.0 Å². The third kappa shape index (κ3) is 3.53. The fraction of sp³-hybridized carbons (Fsp3) is 0.278. The van der Waals surface area contributed by atoms with Gasteiger partial charge in [0, 0.05) is 18.3 Å². The number of para-hydroxylation sites is 1. The highest BCUT2D eigenvalue weighted by Gasteiger charge is 2.38. The van der Waals surface area contributed by atoms with Crippen molar-refractivity contribution in [2.24, 2.45) is 0 Å². The number of carbonyl (C=O) groups excluding carboxylic acids is 1. The number of benzene rings is 1. The van der Waals surface area contributed by atoms with E-state index >= 15 is 0 Å². The molecule has 0 bridgehead atoms. The molecule has 0 saturated heterocycles. The Morgan fingerprint density at radius 2 is 1.92 bits per heavy atom. The van der Waals surface area contributed by atoms with Crippen LogP contribution < -0.4 is 4.74 Å². The van der Waals surface area contributed by atoms with Crippen LogP contribution in [0.1, 0.15) is 30.1 Å². The number of pyridine rings is 1. The summed E-state index contributed by atoms with van der Waals surface area (Å²) in [6.45, 7) is 1.53. The molecule has 6 nitrogen and oxygen atoms in total. The van der Waals surface area contributed by atoms with Gasteiger partial charge in [-0.2, -0.15) is 0 Å². The smallest absolute Gasteiger partial charge is 0.326 e. The zero-order valence-corrected chi connectivity index (χ0v) is 13.3. The molecule has 1 unspecified atom stereocenters. The third-order valence-corrected chi connectivity index (χ3v) is 3.90. The SMILES string of the molecule is CC(C(=O)O)N(C(=O)c1ccc(Oc2ccccc2)nc1)C1CC1. The van der Waals surface area contributed by atoms with Gasteiger partial charge in [0.15, 0.2) is 0 Å². The van der Waals surface area contributed by atoms with Gasteiger partial charge < -0.3 is 14.7 Å². The van der Waals surface area contributed by atoms with Crippen LogP contribution in [-0.4, -0.2) is 39.0 Å². The van der Waals surface area contributed by atoms with Crippen LogP contribution >= 0.6 is 0 Å². The number of carboxylic acid groups (broad SMARTS) is 1. The zero-order valence-electron chi connectivity index (χ0n) is 13.3. The van der Waals surface area contributed by atoms with E-state index in [2.05, 4.69) is 4.98 Å². The van der Waals surface area contributed by atoms with E-state index < -0.39 is 12.0 Å². The standard InChI is InChI=1S/C18H18N2O4/c1-12(18(22)23)20(14-8-9-14)17(21)13-7-10-16(19-11-13)24-15-5-3-2-4-6-15/h2-7,10-12,14H,8-9H2,1H3,(H,22,23). The van der Waals surface area contributed by atoms with Crippen molar-refractivity contribution in [3.8, 4) is 11.6 Å². The predicted octanol–water partition coefficient (Wildman–Crippen LogP) is 2.95. The molecule has 124 valence electrons. The number of nitrogens with zero attached hydrogens (tertiary/aromatic N) is 2. The first kappa shape index (κ1) is 16.0. The number of rotatable bonds is 6. The number of carboxylic acids is 1. The molecule has 2 aromatic rings. The summed E-state index contributed by atoms with van der Waals surface area (Å²) in [6, 6.07) is 11.6. The Balaban J connectivity index is 1.74. The van der Waals surface area contributed by atoms with E-state index in [1.165, 1.54) is 18.0 Å².